The van der Waals surface area contributed by atoms with Crippen molar-refractivity contribution in [1.82, 2.24) is 9.97 Å². The molecule has 1 fully saturated rings. The van der Waals surface area contributed by atoms with E-state index in [1.807, 2.05) is 20.0 Å². The van der Waals surface area contributed by atoms with Gasteiger partial charge in [0.15, 0.2) is 0 Å². The Hall–Kier alpha value is -1.36. The van der Waals surface area contributed by atoms with Crippen molar-refractivity contribution in [2.45, 2.75) is 38.3 Å². The van der Waals surface area contributed by atoms with Gasteiger partial charge in [0, 0.05) is 26.3 Å². The Morgan fingerprint density at radius 3 is 2.71 bits per heavy atom. The lowest BCUT2D eigenvalue weighted by Crippen LogP contribution is -2.18. The monoisotopic (exact) mass is 236 g/mol. The van der Waals surface area contributed by atoms with Gasteiger partial charge < -0.3 is 15.4 Å². The third-order valence-electron chi connectivity index (χ3n) is 3.16. The topological polar surface area (TPSA) is 59.1 Å². The number of methoxy groups -OCH3 is 1. The van der Waals surface area contributed by atoms with Crippen molar-refractivity contribution < 1.29 is 4.74 Å². The molecule has 5 heteroatoms. The zero-order valence-electron chi connectivity index (χ0n) is 10.7. The maximum Gasteiger partial charge on any atom is 0.132 e. The Morgan fingerprint density at radius 1 is 1.29 bits per heavy atom. The highest BCUT2D eigenvalue weighted by molar-refractivity contribution is 5.47. The molecule has 1 saturated carbocycles. The standard InChI is InChI=1S/C12H20N4O/c1-8-14-11(13-2)7-12(15-8)16-9-4-5-10(6-9)17-3/h7,9-10H,4-6H2,1-3H3,(H2,13,14,15,16). The van der Waals surface area contributed by atoms with E-state index in [1.165, 1.54) is 0 Å². The summed E-state index contributed by atoms with van der Waals surface area (Å²) >= 11 is 0. The second kappa shape index (κ2) is 5.31. The minimum absolute atomic E-state index is 0.388. The van der Waals surface area contributed by atoms with Crippen LogP contribution in [0.3, 0.4) is 0 Å². The number of nitrogens with zero attached hydrogens (tertiary/aromatic N) is 2. The van der Waals surface area contributed by atoms with Crippen molar-refractivity contribution in [1.29, 1.82) is 0 Å². The fourth-order valence-electron chi connectivity index (χ4n) is 2.26. The van der Waals surface area contributed by atoms with Crippen LogP contribution in [0.25, 0.3) is 0 Å². The number of nitrogens with one attached hydrogen (secondary N) is 2. The Morgan fingerprint density at radius 2 is 2.06 bits per heavy atom. The van der Waals surface area contributed by atoms with Gasteiger partial charge in [0.25, 0.3) is 0 Å². The quantitative estimate of drug-likeness (QED) is 0.835. The second-order valence-electron chi connectivity index (χ2n) is 4.45. The van der Waals surface area contributed by atoms with Crippen LogP contribution >= 0.6 is 0 Å². The van der Waals surface area contributed by atoms with Crippen LogP contribution in [0, 0.1) is 6.92 Å². The molecule has 0 radical (unpaired) electrons. The Balaban J connectivity index is 2.01. The molecule has 0 aromatic carbocycles. The fourth-order valence-corrected chi connectivity index (χ4v) is 2.26. The van der Waals surface area contributed by atoms with Crippen molar-refractivity contribution in [3.63, 3.8) is 0 Å². The predicted molar refractivity (Wildman–Crippen MR) is 68.4 cm³/mol. The lowest BCUT2D eigenvalue weighted by Gasteiger charge is -2.14. The van der Waals surface area contributed by atoms with Crippen molar-refractivity contribution in [2.24, 2.45) is 0 Å². The smallest absolute Gasteiger partial charge is 0.132 e. The first-order chi connectivity index (χ1) is 8.21. The summed E-state index contributed by atoms with van der Waals surface area (Å²) in [6.45, 7) is 1.90. The number of hydrogen-bond acceptors (Lipinski definition) is 5. The van der Waals surface area contributed by atoms with Crippen LogP contribution in [0.15, 0.2) is 6.07 Å². The van der Waals surface area contributed by atoms with Crippen molar-refractivity contribution in [3.05, 3.63) is 11.9 Å². The van der Waals surface area contributed by atoms with E-state index < -0.39 is 0 Å². The molecule has 1 aliphatic carbocycles. The van der Waals surface area contributed by atoms with E-state index in [0.717, 1.165) is 36.7 Å². The number of anilines is 2. The zero-order valence-corrected chi connectivity index (χ0v) is 10.7. The van der Waals surface area contributed by atoms with Gasteiger partial charge in [-0.3, -0.25) is 0 Å². The van der Waals surface area contributed by atoms with Gasteiger partial charge in [-0.05, 0) is 26.2 Å². The summed E-state index contributed by atoms with van der Waals surface area (Å²) in [6.07, 6.45) is 3.70. The van der Waals surface area contributed by atoms with E-state index in [9.17, 15) is 0 Å². The van der Waals surface area contributed by atoms with E-state index in [2.05, 4.69) is 20.6 Å². The minimum Gasteiger partial charge on any atom is -0.381 e. The SMILES string of the molecule is CNc1cc(NC2CCC(OC)C2)nc(C)n1. The van der Waals surface area contributed by atoms with Crippen LogP contribution in [-0.4, -0.2) is 36.3 Å². The molecule has 0 spiro atoms. The summed E-state index contributed by atoms with van der Waals surface area (Å²) in [5.41, 5.74) is 0. The lowest BCUT2D eigenvalue weighted by atomic mass is 10.2. The molecule has 0 aliphatic heterocycles. The highest BCUT2D eigenvalue weighted by Crippen LogP contribution is 2.24. The summed E-state index contributed by atoms with van der Waals surface area (Å²) in [7, 11) is 3.64. The number of rotatable bonds is 4. The first kappa shape index (κ1) is 12.1. The maximum absolute atomic E-state index is 5.36. The molecule has 0 bridgehead atoms. The lowest BCUT2D eigenvalue weighted by molar-refractivity contribution is 0.108. The summed E-state index contributed by atoms with van der Waals surface area (Å²) in [6, 6.07) is 2.39. The van der Waals surface area contributed by atoms with E-state index in [0.29, 0.717) is 12.1 Å². The first-order valence-corrected chi connectivity index (χ1v) is 6.04. The molecule has 94 valence electrons. The van der Waals surface area contributed by atoms with Crippen LogP contribution in [0.1, 0.15) is 25.1 Å². The van der Waals surface area contributed by atoms with Crippen molar-refractivity contribution in [3.8, 4) is 0 Å². The molecule has 2 unspecified atom stereocenters. The number of aryl methyl sites for hydroxylation is 1. The van der Waals surface area contributed by atoms with E-state index >= 15 is 0 Å². The molecular weight excluding hydrogens is 216 g/mol. The molecule has 0 amide bonds. The van der Waals surface area contributed by atoms with E-state index in [4.69, 9.17) is 4.74 Å². The van der Waals surface area contributed by atoms with Crippen molar-refractivity contribution >= 4 is 11.6 Å². The van der Waals surface area contributed by atoms with Gasteiger partial charge in [0.1, 0.15) is 17.5 Å². The molecule has 2 rings (SSSR count). The molecule has 1 heterocycles. The number of ether oxygens (including phenoxy) is 1. The van der Waals surface area contributed by atoms with Gasteiger partial charge in [0.2, 0.25) is 0 Å². The average Bonchev–Trinajstić information content (AvgIpc) is 2.76. The van der Waals surface area contributed by atoms with Crippen molar-refractivity contribution in [2.75, 3.05) is 24.8 Å². The summed E-state index contributed by atoms with van der Waals surface area (Å²) in [4.78, 5) is 8.66. The van der Waals surface area contributed by atoms with E-state index in [-0.39, 0.29) is 0 Å². The average molecular weight is 236 g/mol. The van der Waals surface area contributed by atoms with Gasteiger partial charge in [-0.15, -0.1) is 0 Å². The molecule has 1 aromatic heterocycles. The summed E-state index contributed by atoms with van der Waals surface area (Å²) < 4.78 is 5.36. The number of hydrogen-bond donors (Lipinski definition) is 2. The minimum atomic E-state index is 0.388. The molecule has 17 heavy (non-hydrogen) atoms. The van der Waals surface area contributed by atoms with Gasteiger partial charge >= 0.3 is 0 Å². The van der Waals surface area contributed by atoms with Gasteiger partial charge in [-0.25, -0.2) is 9.97 Å². The molecular formula is C12H20N4O. The van der Waals surface area contributed by atoms with Gasteiger partial charge in [0.05, 0.1) is 6.10 Å². The third-order valence-corrected chi connectivity index (χ3v) is 3.16. The Kier molecular flexibility index (Phi) is 3.78. The Bertz CT molecular complexity index is 383. The summed E-state index contributed by atoms with van der Waals surface area (Å²) in [5, 5.41) is 6.49. The highest BCUT2D eigenvalue weighted by atomic mass is 16.5. The molecule has 1 aliphatic rings. The first-order valence-electron chi connectivity index (χ1n) is 6.04. The van der Waals surface area contributed by atoms with Crippen LogP contribution in [-0.2, 0) is 4.74 Å². The fraction of sp³-hybridized carbons (Fsp3) is 0.667. The van der Waals surface area contributed by atoms with Crippen LogP contribution in [0.4, 0.5) is 11.6 Å². The normalized spacial score (nSPS) is 23.7. The molecule has 1 aromatic rings. The van der Waals surface area contributed by atoms with Crippen LogP contribution in [0.5, 0.6) is 0 Å². The Labute approximate surface area is 102 Å². The van der Waals surface area contributed by atoms with Gasteiger partial charge in [-0.2, -0.15) is 0 Å². The molecule has 0 saturated heterocycles. The second-order valence-corrected chi connectivity index (χ2v) is 4.45. The number of aromatic nitrogens is 2. The molecule has 2 atom stereocenters. The van der Waals surface area contributed by atoms with E-state index in [1.54, 1.807) is 7.11 Å². The van der Waals surface area contributed by atoms with Crippen LogP contribution < -0.4 is 10.6 Å². The molecule has 5 nitrogen and oxygen atoms in total. The van der Waals surface area contributed by atoms with Gasteiger partial charge in [-0.1, -0.05) is 0 Å². The largest absolute Gasteiger partial charge is 0.381 e. The zero-order chi connectivity index (χ0) is 12.3. The summed E-state index contributed by atoms with van der Waals surface area (Å²) in [5.74, 6) is 2.52. The molecule has 2 N–H and O–H groups in total. The maximum atomic E-state index is 5.36. The third kappa shape index (κ3) is 3.06. The highest BCUT2D eigenvalue weighted by Gasteiger charge is 2.24. The van der Waals surface area contributed by atoms with Crippen LogP contribution in [0.2, 0.25) is 0 Å². The predicted octanol–water partition coefficient (Wildman–Crippen LogP) is 1.81.